The fraction of sp³-hybridized carbons (Fsp3) is 0.192. The van der Waals surface area contributed by atoms with Gasteiger partial charge in [-0.1, -0.05) is 78.9 Å². The Kier molecular flexibility index (Phi) is 9.14. The molecule has 0 spiro atoms. The highest BCUT2D eigenvalue weighted by Gasteiger charge is 2.59. The molecule has 0 radical (unpaired) electrons. The number of hydrogen-bond donors (Lipinski definition) is 5. The average molecular weight is 601 g/mol. The van der Waals surface area contributed by atoms with E-state index in [1.165, 1.54) is 30.4 Å². The van der Waals surface area contributed by atoms with Gasteiger partial charge in [0.15, 0.2) is 0 Å². The summed E-state index contributed by atoms with van der Waals surface area (Å²) in [4.78, 5) is 12.3. The molecule has 3 atom stereocenters. The summed E-state index contributed by atoms with van der Waals surface area (Å²) in [5, 5.41) is 15.2. The van der Waals surface area contributed by atoms with Gasteiger partial charge in [0.2, 0.25) is 11.9 Å². The van der Waals surface area contributed by atoms with Crippen molar-refractivity contribution in [2.45, 2.75) is 17.0 Å². The first-order valence-corrected chi connectivity index (χ1v) is 15.1. The molecule has 1 aromatic heterocycles. The van der Waals surface area contributed by atoms with Gasteiger partial charge < -0.3 is 15.7 Å². The van der Waals surface area contributed by atoms with Crippen molar-refractivity contribution in [2.75, 3.05) is 22.7 Å². The van der Waals surface area contributed by atoms with E-state index in [9.17, 15) is 26.5 Å². The molecule has 0 saturated heterocycles. The van der Waals surface area contributed by atoms with Gasteiger partial charge in [0, 0.05) is 17.6 Å². The summed E-state index contributed by atoms with van der Waals surface area (Å²) in [5.41, 5.74) is 3.37. The van der Waals surface area contributed by atoms with Crippen molar-refractivity contribution in [3.05, 3.63) is 96.6 Å². The molecular weight excluding hydrogens is 572 g/mol. The molecule has 0 bridgehead atoms. The maximum absolute atomic E-state index is 13.6. The van der Waals surface area contributed by atoms with E-state index in [-0.39, 0.29) is 18.5 Å². The summed E-state index contributed by atoms with van der Waals surface area (Å²) < 4.78 is 64.8. The first kappa shape index (κ1) is 29.8. The number of hydrogen-bond acceptors (Lipinski definition) is 12. The van der Waals surface area contributed by atoms with E-state index in [4.69, 9.17) is 4.28 Å². The molecule has 15 heteroatoms. The van der Waals surface area contributed by atoms with Gasteiger partial charge in [0.1, 0.15) is 0 Å². The van der Waals surface area contributed by atoms with E-state index >= 15 is 0 Å². The van der Waals surface area contributed by atoms with Crippen LogP contribution in [0.5, 0.6) is 0 Å². The zero-order valence-corrected chi connectivity index (χ0v) is 23.3. The van der Waals surface area contributed by atoms with Crippen molar-refractivity contribution in [2.24, 2.45) is 5.92 Å². The van der Waals surface area contributed by atoms with Crippen molar-refractivity contribution in [1.29, 1.82) is 0 Å². The van der Waals surface area contributed by atoms with Crippen LogP contribution in [0.25, 0.3) is 6.08 Å². The highest BCUT2D eigenvalue weighted by molar-refractivity contribution is 8.06. The molecule has 1 aliphatic carbocycles. The first-order chi connectivity index (χ1) is 19.5. The highest BCUT2D eigenvalue weighted by atomic mass is 32.3. The first-order valence-electron chi connectivity index (χ1n) is 12.2. The maximum Gasteiger partial charge on any atom is 0.315 e. The summed E-state index contributed by atoms with van der Waals surface area (Å²) in [6.07, 6.45) is 7.67. The summed E-state index contributed by atoms with van der Waals surface area (Å²) in [7, 11) is -10.5. The van der Waals surface area contributed by atoms with Crippen LogP contribution >= 0.6 is 0 Å². The molecule has 4 rings (SSSR count). The number of rotatable bonds is 12. The number of benzene rings is 2. The molecule has 3 unspecified atom stereocenters. The monoisotopic (exact) mass is 600 g/mol. The van der Waals surface area contributed by atoms with Crippen LogP contribution in [0.1, 0.15) is 12.5 Å². The van der Waals surface area contributed by atoms with Crippen LogP contribution < -0.4 is 16.1 Å². The van der Waals surface area contributed by atoms with Crippen molar-refractivity contribution in [3.63, 3.8) is 0 Å². The molecule has 2 aromatic carbocycles. The second-order valence-electron chi connectivity index (χ2n) is 8.90. The van der Waals surface area contributed by atoms with Crippen LogP contribution in [0.15, 0.2) is 91.0 Å². The van der Waals surface area contributed by atoms with Crippen LogP contribution in [0.2, 0.25) is 0 Å². The molecule has 1 heterocycles. The number of aliphatic hydroxyl groups excluding tert-OH is 1. The normalized spacial score (nSPS) is 19.6. The van der Waals surface area contributed by atoms with Crippen LogP contribution in [-0.4, -0.2) is 58.2 Å². The predicted molar refractivity (Wildman–Crippen MR) is 155 cm³/mol. The summed E-state index contributed by atoms with van der Waals surface area (Å²) in [6.45, 7) is 1.40. The van der Waals surface area contributed by atoms with Crippen molar-refractivity contribution in [3.8, 4) is 0 Å². The quantitative estimate of drug-likeness (QED) is 0.151. The van der Waals surface area contributed by atoms with E-state index in [0.29, 0.717) is 11.3 Å². The third-order valence-electron chi connectivity index (χ3n) is 5.87. The Bertz CT molecular complexity index is 1650. The Morgan fingerprint density at radius 3 is 2.24 bits per heavy atom. The molecule has 216 valence electrons. The van der Waals surface area contributed by atoms with E-state index in [1.54, 1.807) is 61.5 Å². The van der Waals surface area contributed by atoms with Crippen molar-refractivity contribution >= 4 is 49.8 Å². The Morgan fingerprint density at radius 2 is 1.59 bits per heavy atom. The molecular formula is C26H28N6O7S2. The fourth-order valence-electron chi connectivity index (χ4n) is 3.85. The SMILES string of the molecule is CC(CO)Nc1nc(NOS(=O)(=O)C2(S(=O)(=O)O)C=CC=CC2C=Cc2ccccc2)nc(Nc2ccccc2)n1. The Balaban J connectivity index is 1.66. The lowest BCUT2D eigenvalue weighted by Gasteiger charge is -2.32. The molecule has 5 N–H and O–H groups in total. The number of anilines is 4. The van der Waals surface area contributed by atoms with Gasteiger partial charge in [-0.15, -0.1) is 4.28 Å². The minimum Gasteiger partial charge on any atom is -0.394 e. The molecule has 0 fully saturated rings. The number of aliphatic hydroxyl groups is 1. The lowest BCUT2D eigenvalue weighted by Crippen LogP contribution is -2.51. The number of para-hydroxylation sites is 1. The average Bonchev–Trinajstić information content (AvgIpc) is 2.95. The number of nitrogens with zero attached hydrogens (tertiary/aromatic N) is 3. The lowest BCUT2D eigenvalue weighted by molar-refractivity contribution is 0.281. The standard InChI is InChI=1S/C26H28N6O7S2/c1-19(18-33)27-23-29-24(28-22-13-6-3-7-14-22)31-25(30-23)32-39-41(37,38)26(40(34,35)36)17-9-8-12-21(26)16-15-20-10-4-2-5-11-20/h2-17,19,21,33H,18H2,1H3,(H,34,35,36)(H3,27,28,29,30,31,32). The maximum atomic E-state index is 13.6. The molecule has 0 aliphatic heterocycles. The van der Waals surface area contributed by atoms with Gasteiger partial charge >= 0.3 is 10.1 Å². The molecule has 3 aromatic rings. The Morgan fingerprint density at radius 1 is 0.951 bits per heavy atom. The van der Waals surface area contributed by atoms with Crippen molar-refractivity contribution in [1.82, 2.24) is 15.0 Å². The molecule has 0 amide bonds. The van der Waals surface area contributed by atoms with Crippen LogP contribution in [0, 0.1) is 5.92 Å². The van der Waals surface area contributed by atoms with Crippen molar-refractivity contribution < 1.29 is 30.8 Å². The van der Waals surface area contributed by atoms with E-state index in [1.807, 2.05) is 6.07 Å². The lowest BCUT2D eigenvalue weighted by atomic mass is 9.98. The fourth-order valence-corrected chi connectivity index (χ4v) is 6.78. The van der Waals surface area contributed by atoms with Gasteiger partial charge in [-0.05, 0) is 30.7 Å². The zero-order chi connectivity index (χ0) is 29.5. The third kappa shape index (κ3) is 6.96. The van der Waals surface area contributed by atoms with Gasteiger partial charge in [0.05, 0.1) is 6.61 Å². The third-order valence-corrected chi connectivity index (χ3v) is 9.82. The second-order valence-corrected chi connectivity index (χ2v) is 12.5. The van der Waals surface area contributed by atoms with E-state index in [0.717, 1.165) is 6.08 Å². The Hall–Kier alpha value is -4.15. The largest absolute Gasteiger partial charge is 0.394 e. The second kappa shape index (κ2) is 12.6. The number of aromatic nitrogens is 3. The molecule has 41 heavy (non-hydrogen) atoms. The summed E-state index contributed by atoms with van der Waals surface area (Å²) in [5.74, 6) is -1.84. The van der Waals surface area contributed by atoms with Gasteiger partial charge in [0.25, 0.3) is 20.1 Å². The van der Waals surface area contributed by atoms with E-state index < -0.39 is 42.2 Å². The highest BCUT2D eigenvalue weighted by Crippen LogP contribution is 2.39. The number of allylic oxidation sites excluding steroid dienone is 4. The molecule has 1 aliphatic rings. The molecule has 13 nitrogen and oxygen atoms in total. The zero-order valence-electron chi connectivity index (χ0n) is 21.7. The predicted octanol–water partition coefficient (Wildman–Crippen LogP) is 3.12. The topological polar surface area (TPSA) is 193 Å². The van der Waals surface area contributed by atoms with Crippen LogP contribution in [0.4, 0.5) is 23.5 Å². The van der Waals surface area contributed by atoms with Gasteiger partial charge in [-0.3, -0.25) is 4.55 Å². The van der Waals surface area contributed by atoms with Gasteiger partial charge in [-0.25, -0.2) is 5.48 Å². The Labute approximate surface area is 237 Å². The summed E-state index contributed by atoms with van der Waals surface area (Å²) >= 11 is 0. The van der Waals surface area contributed by atoms with Crippen LogP contribution in [0.3, 0.4) is 0 Å². The minimum atomic E-state index is -5.33. The number of nitrogens with one attached hydrogen (secondary N) is 3. The van der Waals surface area contributed by atoms with Crippen LogP contribution in [-0.2, 0) is 24.5 Å². The molecule has 0 saturated carbocycles. The smallest absolute Gasteiger partial charge is 0.315 e. The minimum absolute atomic E-state index is 0.0176. The summed E-state index contributed by atoms with van der Waals surface area (Å²) in [6, 6.07) is 17.2. The van der Waals surface area contributed by atoms with Gasteiger partial charge in [-0.2, -0.15) is 31.8 Å². The van der Waals surface area contributed by atoms with E-state index in [2.05, 4.69) is 31.1 Å².